The number of benzene rings is 2. The van der Waals surface area contributed by atoms with Gasteiger partial charge in [0, 0.05) is 23.0 Å². The Bertz CT molecular complexity index is 1360. The van der Waals surface area contributed by atoms with E-state index in [1.807, 2.05) is 26.8 Å². The normalized spacial score (nSPS) is 11.1. The molecular formula is C25H24FN5O2. The van der Waals surface area contributed by atoms with Gasteiger partial charge < -0.3 is 10.3 Å². The van der Waals surface area contributed by atoms with Crippen LogP contribution in [0.1, 0.15) is 48.4 Å². The number of carbonyl (C=O) groups is 1. The molecule has 4 rings (SSSR count). The molecule has 0 atom stereocenters. The Morgan fingerprint density at radius 1 is 1.15 bits per heavy atom. The number of amides is 1. The number of hydrogen-bond acceptors (Lipinski definition) is 4. The highest BCUT2D eigenvalue weighted by Gasteiger charge is 2.21. The summed E-state index contributed by atoms with van der Waals surface area (Å²) in [7, 11) is 0. The van der Waals surface area contributed by atoms with Crippen molar-refractivity contribution in [3.63, 3.8) is 0 Å². The van der Waals surface area contributed by atoms with E-state index in [4.69, 9.17) is 0 Å². The zero-order valence-corrected chi connectivity index (χ0v) is 18.6. The molecule has 0 fully saturated rings. The van der Waals surface area contributed by atoms with E-state index in [0.717, 1.165) is 5.69 Å². The molecule has 33 heavy (non-hydrogen) atoms. The van der Waals surface area contributed by atoms with Crippen molar-refractivity contribution in [3.8, 4) is 17.1 Å². The van der Waals surface area contributed by atoms with Gasteiger partial charge in [0.15, 0.2) is 0 Å². The average molecular weight is 445 g/mol. The Morgan fingerprint density at radius 2 is 1.91 bits per heavy atom. The molecule has 4 aromatic rings. The fraction of sp³-hybridized carbons (Fsp3) is 0.200. The van der Waals surface area contributed by atoms with Gasteiger partial charge in [-0.3, -0.25) is 9.59 Å². The number of nitrogens with one attached hydrogen (secondary N) is 2. The lowest BCUT2D eigenvalue weighted by atomic mass is 10.0. The number of hydrogen-bond donors (Lipinski definition) is 2. The number of anilines is 1. The van der Waals surface area contributed by atoms with Gasteiger partial charge in [-0.15, -0.1) is 0 Å². The van der Waals surface area contributed by atoms with Crippen LogP contribution in [0.2, 0.25) is 0 Å². The number of halogens is 1. The van der Waals surface area contributed by atoms with Gasteiger partial charge in [-0.1, -0.05) is 32.9 Å². The highest BCUT2D eigenvalue weighted by Crippen LogP contribution is 2.25. The monoisotopic (exact) mass is 445 g/mol. The average Bonchev–Trinajstić information content (AvgIpc) is 3.25. The van der Waals surface area contributed by atoms with Crippen LogP contribution in [0.15, 0.2) is 65.6 Å². The summed E-state index contributed by atoms with van der Waals surface area (Å²) in [5, 5.41) is 7.29. The lowest BCUT2D eigenvalue weighted by molar-refractivity contribution is 0.102. The van der Waals surface area contributed by atoms with Gasteiger partial charge in [0.25, 0.3) is 11.5 Å². The van der Waals surface area contributed by atoms with Crippen LogP contribution in [-0.2, 0) is 6.42 Å². The quantitative estimate of drug-likeness (QED) is 0.450. The Hall–Kier alpha value is -4.07. The minimum absolute atomic E-state index is 0.00398. The van der Waals surface area contributed by atoms with Gasteiger partial charge in [0.05, 0.1) is 23.1 Å². The molecule has 2 heterocycles. The van der Waals surface area contributed by atoms with E-state index >= 15 is 0 Å². The molecule has 0 saturated heterocycles. The summed E-state index contributed by atoms with van der Waals surface area (Å²) in [4.78, 5) is 32.3. The summed E-state index contributed by atoms with van der Waals surface area (Å²) in [5.74, 6) is -0.207. The molecule has 0 aliphatic carbocycles. The summed E-state index contributed by atoms with van der Waals surface area (Å²) >= 11 is 0. The molecule has 168 valence electrons. The first kappa shape index (κ1) is 22.1. The molecule has 0 radical (unpaired) electrons. The van der Waals surface area contributed by atoms with Crippen molar-refractivity contribution >= 4 is 11.6 Å². The molecule has 8 heteroatoms. The molecule has 2 N–H and O–H groups in total. The van der Waals surface area contributed by atoms with Crippen LogP contribution in [0.3, 0.4) is 0 Å². The fourth-order valence-corrected chi connectivity index (χ4v) is 3.64. The fourth-order valence-electron chi connectivity index (χ4n) is 3.64. The Kier molecular flexibility index (Phi) is 6.17. The van der Waals surface area contributed by atoms with Crippen molar-refractivity contribution in [1.29, 1.82) is 0 Å². The van der Waals surface area contributed by atoms with Crippen LogP contribution < -0.4 is 10.9 Å². The molecule has 0 bridgehead atoms. The number of carbonyl (C=O) groups excluding carboxylic acids is 1. The van der Waals surface area contributed by atoms with E-state index in [2.05, 4.69) is 20.4 Å². The highest BCUT2D eigenvalue weighted by atomic mass is 19.1. The maximum atomic E-state index is 13.3. The molecule has 0 saturated carbocycles. The van der Waals surface area contributed by atoms with Crippen LogP contribution in [0.25, 0.3) is 17.1 Å². The molecule has 1 amide bonds. The van der Waals surface area contributed by atoms with E-state index in [-0.39, 0.29) is 23.2 Å². The van der Waals surface area contributed by atoms with E-state index in [0.29, 0.717) is 40.4 Å². The SMILES string of the molecule is CCc1cc(=O)[nH]c(-c2cccc(NC(=O)c3cnn(-c4ccc(F)cc4)c3C(C)C)c2)n1. The summed E-state index contributed by atoms with van der Waals surface area (Å²) in [6, 6.07) is 14.6. The van der Waals surface area contributed by atoms with Gasteiger partial charge in [-0.05, 0) is 48.7 Å². The second-order valence-electron chi connectivity index (χ2n) is 7.96. The number of nitrogens with zero attached hydrogens (tertiary/aromatic N) is 3. The van der Waals surface area contributed by atoms with Crippen molar-refractivity contribution in [3.05, 3.63) is 93.9 Å². The number of H-pyrrole nitrogens is 1. The molecule has 0 unspecified atom stereocenters. The first-order valence-electron chi connectivity index (χ1n) is 10.7. The zero-order chi connectivity index (χ0) is 23.5. The van der Waals surface area contributed by atoms with E-state index in [1.54, 1.807) is 35.0 Å². The molecular weight excluding hydrogens is 421 g/mol. The summed E-state index contributed by atoms with van der Waals surface area (Å²) < 4.78 is 15.0. The Balaban J connectivity index is 1.64. The molecule has 0 spiro atoms. The predicted octanol–water partition coefficient (Wildman–Crippen LogP) is 4.70. The minimum atomic E-state index is -0.338. The summed E-state index contributed by atoms with van der Waals surface area (Å²) in [5.41, 5.74) is 3.54. The number of aromatic nitrogens is 4. The van der Waals surface area contributed by atoms with Crippen LogP contribution in [-0.4, -0.2) is 25.7 Å². The summed E-state index contributed by atoms with van der Waals surface area (Å²) in [6.45, 7) is 5.87. The van der Waals surface area contributed by atoms with Crippen LogP contribution in [0.4, 0.5) is 10.1 Å². The van der Waals surface area contributed by atoms with E-state index in [9.17, 15) is 14.0 Å². The largest absolute Gasteiger partial charge is 0.322 e. The maximum absolute atomic E-state index is 13.3. The zero-order valence-electron chi connectivity index (χ0n) is 18.6. The Labute approximate surface area is 190 Å². The van der Waals surface area contributed by atoms with Crippen molar-refractivity contribution in [2.24, 2.45) is 0 Å². The topological polar surface area (TPSA) is 92.7 Å². The van der Waals surface area contributed by atoms with Crippen LogP contribution >= 0.6 is 0 Å². The third-order valence-corrected chi connectivity index (χ3v) is 5.22. The first-order chi connectivity index (χ1) is 15.9. The van der Waals surface area contributed by atoms with Gasteiger partial charge in [0.1, 0.15) is 11.6 Å². The maximum Gasteiger partial charge on any atom is 0.259 e. The van der Waals surface area contributed by atoms with E-state index in [1.165, 1.54) is 24.4 Å². The van der Waals surface area contributed by atoms with Crippen molar-refractivity contribution in [2.45, 2.75) is 33.1 Å². The molecule has 7 nitrogen and oxygen atoms in total. The number of aryl methyl sites for hydroxylation is 1. The standard InChI is InChI=1S/C25H24FN5O2/c1-4-18-13-22(32)30-24(28-18)16-6-5-7-19(12-16)29-25(33)21-14-27-31(23(21)15(2)3)20-10-8-17(26)9-11-20/h5-15H,4H2,1-3H3,(H,29,33)(H,28,30,32). The molecule has 2 aromatic heterocycles. The van der Waals surface area contributed by atoms with Gasteiger partial charge >= 0.3 is 0 Å². The van der Waals surface area contributed by atoms with Gasteiger partial charge in [-0.2, -0.15) is 5.10 Å². The third kappa shape index (κ3) is 4.74. The lowest BCUT2D eigenvalue weighted by Gasteiger charge is -2.13. The second kappa shape index (κ2) is 9.20. The van der Waals surface area contributed by atoms with Gasteiger partial charge in [-0.25, -0.2) is 14.1 Å². The predicted molar refractivity (Wildman–Crippen MR) is 125 cm³/mol. The lowest BCUT2D eigenvalue weighted by Crippen LogP contribution is -2.15. The molecule has 0 aliphatic rings. The third-order valence-electron chi connectivity index (χ3n) is 5.22. The minimum Gasteiger partial charge on any atom is -0.322 e. The first-order valence-corrected chi connectivity index (χ1v) is 10.7. The van der Waals surface area contributed by atoms with Crippen molar-refractivity contribution in [1.82, 2.24) is 19.7 Å². The number of aromatic amines is 1. The second-order valence-corrected chi connectivity index (χ2v) is 7.96. The highest BCUT2D eigenvalue weighted by molar-refractivity contribution is 6.05. The smallest absolute Gasteiger partial charge is 0.259 e. The Morgan fingerprint density at radius 3 is 2.61 bits per heavy atom. The molecule has 2 aromatic carbocycles. The van der Waals surface area contributed by atoms with Crippen LogP contribution in [0.5, 0.6) is 0 Å². The summed E-state index contributed by atoms with van der Waals surface area (Å²) in [6.07, 6.45) is 2.16. The van der Waals surface area contributed by atoms with Crippen LogP contribution in [0, 0.1) is 5.82 Å². The number of rotatable bonds is 6. The van der Waals surface area contributed by atoms with Crippen molar-refractivity contribution < 1.29 is 9.18 Å². The van der Waals surface area contributed by atoms with Crippen molar-refractivity contribution in [2.75, 3.05) is 5.32 Å². The van der Waals surface area contributed by atoms with E-state index < -0.39 is 0 Å². The van der Waals surface area contributed by atoms with Gasteiger partial charge in [0.2, 0.25) is 0 Å². The molecule has 0 aliphatic heterocycles.